The maximum atomic E-state index is 14.1. The van der Waals surface area contributed by atoms with E-state index in [4.69, 9.17) is 4.74 Å². The lowest BCUT2D eigenvalue weighted by molar-refractivity contribution is -0.125. The van der Waals surface area contributed by atoms with E-state index < -0.39 is 6.04 Å². The Balaban J connectivity index is 1.46. The third-order valence-corrected chi connectivity index (χ3v) is 6.53. The van der Waals surface area contributed by atoms with Crippen molar-refractivity contribution in [3.8, 4) is 22.6 Å². The van der Waals surface area contributed by atoms with Crippen LogP contribution in [0.1, 0.15) is 35.2 Å². The van der Waals surface area contributed by atoms with Crippen molar-refractivity contribution in [1.82, 2.24) is 15.2 Å². The second-order valence-electron chi connectivity index (χ2n) is 9.09. The standard InChI is InChI=1S/C31H29N3O3/c35-30-28(13-6-7-20-33-30)34(22-23-15-17-24(18-16-23)25-9-8-19-32-21-25)31(36)27-12-4-5-14-29(27)37-26-10-2-1-3-11-26/h1-5,8-12,14-19,21,28H,6-7,13,20,22H2,(H,33,35)/t28-/m0/s1. The van der Waals surface area contributed by atoms with Gasteiger partial charge in [-0.15, -0.1) is 0 Å². The second-order valence-corrected chi connectivity index (χ2v) is 9.09. The maximum absolute atomic E-state index is 14.1. The molecule has 37 heavy (non-hydrogen) atoms. The summed E-state index contributed by atoms with van der Waals surface area (Å²) in [5.74, 6) is 0.765. The molecule has 6 nitrogen and oxygen atoms in total. The van der Waals surface area contributed by atoms with E-state index in [0.717, 1.165) is 29.5 Å². The average Bonchev–Trinajstić information content (AvgIpc) is 3.17. The van der Waals surface area contributed by atoms with E-state index in [2.05, 4.69) is 10.3 Å². The highest BCUT2D eigenvalue weighted by atomic mass is 16.5. The van der Waals surface area contributed by atoms with Crippen molar-refractivity contribution >= 4 is 11.8 Å². The largest absolute Gasteiger partial charge is 0.457 e. The predicted octanol–water partition coefficient (Wildman–Crippen LogP) is 5.85. The molecule has 1 saturated heterocycles. The number of hydrogen-bond acceptors (Lipinski definition) is 4. The quantitative estimate of drug-likeness (QED) is 0.352. The van der Waals surface area contributed by atoms with Gasteiger partial charge >= 0.3 is 0 Å². The number of pyridine rings is 1. The van der Waals surface area contributed by atoms with E-state index >= 15 is 0 Å². The molecule has 3 aromatic carbocycles. The summed E-state index contributed by atoms with van der Waals surface area (Å²) < 4.78 is 6.08. The van der Waals surface area contributed by atoms with Crippen molar-refractivity contribution in [1.29, 1.82) is 0 Å². The molecule has 2 amide bonds. The number of amides is 2. The summed E-state index contributed by atoms with van der Waals surface area (Å²) in [5.41, 5.74) is 3.44. The predicted molar refractivity (Wildman–Crippen MR) is 143 cm³/mol. The molecule has 1 aromatic heterocycles. The molecule has 1 aliphatic rings. The van der Waals surface area contributed by atoms with Crippen LogP contribution in [0.2, 0.25) is 0 Å². The van der Waals surface area contributed by atoms with Crippen LogP contribution in [0.5, 0.6) is 11.5 Å². The van der Waals surface area contributed by atoms with Crippen LogP contribution < -0.4 is 10.1 Å². The maximum Gasteiger partial charge on any atom is 0.258 e. The van der Waals surface area contributed by atoms with Gasteiger partial charge in [0, 0.05) is 25.5 Å². The van der Waals surface area contributed by atoms with Gasteiger partial charge in [0.2, 0.25) is 5.91 Å². The fourth-order valence-corrected chi connectivity index (χ4v) is 4.58. The molecule has 0 unspecified atom stereocenters. The van der Waals surface area contributed by atoms with Crippen LogP contribution in [-0.2, 0) is 11.3 Å². The highest BCUT2D eigenvalue weighted by molar-refractivity contribution is 5.99. The van der Waals surface area contributed by atoms with Crippen molar-refractivity contribution in [2.24, 2.45) is 0 Å². The molecule has 0 aliphatic carbocycles. The lowest BCUT2D eigenvalue weighted by Gasteiger charge is -2.31. The number of nitrogens with zero attached hydrogens (tertiary/aromatic N) is 2. The number of hydrogen-bond donors (Lipinski definition) is 1. The van der Waals surface area contributed by atoms with Gasteiger partial charge in [0.1, 0.15) is 17.5 Å². The molecule has 1 fully saturated rings. The van der Waals surface area contributed by atoms with Crippen molar-refractivity contribution in [3.05, 3.63) is 115 Å². The van der Waals surface area contributed by atoms with Crippen molar-refractivity contribution in [2.75, 3.05) is 6.54 Å². The monoisotopic (exact) mass is 491 g/mol. The van der Waals surface area contributed by atoms with Gasteiger partial charge in [-0.25, -0.2) is 0 Å². The van der Waals surface area contributed by atoms with E-state index in [1.165, 1.54) is 0 Å². The normalized spacial score (nSPS) is 15.4. The van der Waals surface area contributed by atoms with Gasteiger partial charge < -0.3 is 15.0 Å². The average molecular weight is 492 g/mol. The Kier molecular flexibility index (Phi) is 7.55. The number of para-hydroxylation sites is 2. The number of rotatable bonds is 7. The van der Waals surface area contributed by atoms with Gasteiger partial charge in [-0.1, -0.05) is 60.7 Å². The summed E-state index contributed by atoms with van der Waals surface area (Å²) in [6.07, 6.45) is 5.96. The van der Waals surface area contributed by atoms with Crippen molar-refractivity contribution in [2.45, 2.75) is 31.8 Å². The molecule has 0 spiro atoms. The Bertz CT molecular complexity index is 1340. The SMILES string of the molecule is O=C1NCCCC[C@@H]1N(Cc1ccc(-c2cccnc2)cc1)C(=O)c1ccccc1Oc1ccccc1. The lowest BCUT2D eigenvalue weighted by Crippen LogP contribution is -2.48. The fourth-order valence-electron chi connectivity index (χ4n) is 4.58. The summed E-state index contributed by atoms with van der Waals surface area (Å²) >= 11 is 0. The molecule has 186 valence electrons. The molecule has 0 bridgehead atoms. The van der Waals surface area contributed by atoms with Crippen LogP contribution in [0.25, 0.3) is 11.1 Å². The molecular weight excluding hydrogens is 462 g/mol. The number of benzene rings is 3. The molecule has 1 aliphatic heterocycles. The first kappa shape index (κ1) is 24.3. The fraction of sp³-hybridized carbons (Fsp3) is 0.194. The van der Waals surface area contributed by atoms with Crippen LogP contribution in [0, 0.1) is 0 Å². The molecular formula is C31H29N3O3. The Morgan fingerprint density at radius 1 is 0.892 bits per heavy atom. The summed E-state index contributed by atoms with van der Waals surface area (Å²) in [6.45, 7) is 0.939. The van der Waals surface area contributed by atoms with Crippen LogP contribution in [0.4, 0.5) is 0 Å². The third kappa shape index (κ3) is 5.86. The van der Waals surface area contributed by atoms with Crippen molar-refractivity contribution in [3.63, 3.8) is 0 Å². The Morgan fingerprint density at radius 3 is 2.46 bits per heavy atom. The number of nitrogens with one attached hydrogen (secondary N) is 1. The van der Waals surface area contributed by atoms with E-state index in [1.54, 1.807) is 23.2 Å². The second kappa shape index (κ2) is 11.5. The highest BCUT2D eigenvalue weighted by Gasteiger charge is 2.32. The topological polar surface area (TPSA) is 71.5 Å². The van der Waals surface area contributed by atoms with Crippen LogP contribution in [-0.4, -0.2) is 34.3 Å². The zero-order valence-electron chi connectivity index (χ0n) is 20.5. The molecule has 6 heteroatoms. The first-order chi connectivity index (χ1) is 18.2. The van der Waals surface area contributed by atoms with Gasteiger partial charge in [-0.05, 0) is 66.3 Å². The molecule has 4 aromatic rings. The third-order valence-electron chi connectivity index (χ3n) is 6.53. The van der Waals surface area contributed by atoms with E-state index in [9.17, 15) is 9.59 Å². The molecule has 5 rings (SSSR count). The van der Waals surface area contributed by atoms with E-state index in [0.29, 0.717) is 36.6 Å². The molecule has 0 radical (unpaired) electrons. The number of carbonyl (C=O) groups excluding carboxylic acids is 2. The summed E-state index contributed by atoms with van der Waals surface area (Å²) in [7, 11) is 0. The minimum atomic E-state index is -0.558. The van der Waals surface area contributed by atoms with E-state index in [-0.39, 0.29) is 11.8 Å². The van der Waals surface area contributed by atoms with Crippen LogP contribution >= 0.6 is 0 Å². The Morgan fingerprint density at radius 2 is 1.68 bits per heavy atom. The Labute approximate surface area is 216 Å². The summed E-state index contributed by atoms with van der Waals surface area (Å²) in [5, 5.41) is 2.98. The van der Waals surface area contributed by atoms with Gasteiger partial charge in [0.25, 0.3) is 5.91 Å². The molecule has 1 N–H and O–H groups in total. The number of ether oxygens (including phenoxy) is 1. The number of carbonyl (C=O) groups is 2. The Hall–Kier alpha value is -4.45. The van der Waals surface area contributed by atoms with Crippen LogP contribution in [0.15, 0.2) is 103 Å². The molecule has 2 heterocycles. The smallest absolute Gasteiger partial charge is 0.258 e. The van der Waals surface area contributed by atoms with Gasteiger partial charge in [-0.2, -0.15) is 0 Å². The molecule has 1 atom stereocenters. The first-order valence-electron chi connectivity index (χ1n) is 12.6. The lowest BCUT2D eigenvalue weighted by atomic mass is 10.0. The van der Waals surface area contributed by atoms with Crippen molar-refractivity contribution < 1.29 is 14.3 Å². The first-order valence-corrected chi connectivity index (χ1v) is 12.6. The highest BCUT2D eigenvalue weighted by Crippen LogP contribution is 2.29. The summed E-state index contributed by atoms with van der Waals surface area (Å²) in [4.78, 5) is 33.0. The van der Waals surface area contributed by atoms with E-state index in [1.807, 2.05) is 85.1 Å². The summed E-state index contributed by atoms with van der Waals surface area (Å²) in [6, 6.07) is 28.0. The zero-order valence-corrected chi connectivity index (χ0v) is 20.5. The number of aromatic nitrogens is 1. The van der Waals surface area contributed by atoms with Crippen LogP contribution in [0.3, 0.4) is 0 Å². The zero-order chi connectivity index (χ0) is 25.5. The van der Waals surface area contributed by atoms with Gasteiger partial charge in [0.15, 0.2) is 0 Å². The minimum absolute atomic E-state index is 0.112. The minimum Gasteiger partial charge on any atom is -0.457 e. The van der Waals surface area contributed by atoms with Gasteiger partial charge in [-0.3, -0.25) is 14.6 Å². The molecule has 0 saturated carbocycles. The van der Waals surface area contributed by atoms with Gasteiger partial charge in [0.05, 0.1) is 5.56 Å².